The molecular weight excluding hydrogens is 362 g/mol. The maximum Gasteiger partial charge on any atom is 0.229 e. The number of ether oxygens (including phenoxy) is 1. The van der Waals surface area contributed by atoms with E-state index in [2.05, 4.69) is 27.5 Å². The number of rotatable bonds is 9. The molecule has 0 atom stereocenters. The molecule has 27 heavy (non-hydrogen) atoms. The third-order valence-corrected chi connectivity index (χ3v) is 4.69. The van der Waals surface area contributed by atoms with Crippen LogP contribution in [0.5, 0.6) is 0 Å². The van der Waals surface area contributed by atoms with Crippen molar-refractivity contribution in [3.05, 3.63) is 30.1 Å². The molecule has 1 aromatic carbocycles. The number of nitrogen functional groups attached to an aromatic ring is 1. The SMILES string of the molecule is CCOCc1nc2c(N)nc3ccccc3c2n1CCCCNC(=O)CS. The summed E-state index contributed by atoms with van der Waals surface area (Å²) in [6.45, 7) is 4.41. The molecule has 0 aliphatic heterocycles. The second-order valence-electron chi connectivity index (χ2n) is 6.24. The Morgan fingerprint density at radius 1 is 1.30 bits per heavy atom. The number of fused-ring (bicyclic) bond motifs is 3. The number of imidazole rings is 1. The van der Waals surface area contributed by atoms with Gasteiger partial charge in [-0.1, -0.05) is 18.2 Å². The van der Waals surface area contributed by atoms with Gasteiger partial charge in [0.05, 0.1) is 16.8 Å². The van der Waals surface area contributed by atoms with E-state index in [1.54, 1.807) is 0 Å². The summed E-state index contributed by atoms with van der Waals surface area (Å²) < 4.78 is 7.78. The van der Waals surface area contributed by atoms with Crippen molar-refractivity contribution in [1.29, 1.82) is 0 Å². The summed E-state index contributed by atoms with van der Waals surface area (Å²) in [6, 6.07) is 7.94. The van der Waals surface area contributed by atoms with E-state index in [0.717, 1.165) is 41.6 Å². The Morgan fingerprint density at radius 3 is 2.89 bits per heavy atom. The molecule has 0 aliphatic carbocycles. The molecule has 7 nitrogen and oxygen atoms in total. The van der Waals surface area contributed by atoms with E-state index in [0.29, 0.717) is 31.1 Å². The Balaban J connectivity index is 1.91. The van der Waals surface area contributed by atoms with Gasteiger partial charge < -0.3 is 20.4 Å². The molecule has 0 aliphatic rings. The normalized spacial score (nSPS) is 11.3. The fourth-order valence-electron chi connectivity index (χ4n) is 3.13. The van der Waals surface area contributed by atoms with E-state index in [-0.39, 0.29) is 11.7 Å². The van der Waals surface area contributed by atoms with E-state index >= 15 is 0 Å². The Morgan fingerprint density at radius 2 is 2.11 bits per heavy atom. The molecule has 0 bridgehead atoms. The number of para-hydroxylation sites is 1. The van der Waals surface area contributed by atoms with E-state index in [1.807, 2.05) is 31.2 Å². The van der Waals surface area contributed by atoms with Crippen LogP contribution in [0.3, 0.4) is 0 Å². The number of nitrogens with two attached hydrogens (primary N) is 1. The van der Waals surface area contributed by atoms with Crippen molar-refractivity contribution in [2.24, 2.45) is 0 Å². The van der Waals surface area contributed by atoms with Crippen LogP contribution in [-0.2, 0) is 22.7 Å². The smallest absolute Gasteiger partial charge is 0.229 e. The first-order valence-electron chi connectivity index (χ1n) is 9.14. The Hall–Kier alpha value is -2.32. The van der Waals surface area contributed by atoms with Crippen LogP contribution in [0, 0.1) is 0 Å². The number of aromatic nitrogens is 3. The number of nitrogens with one attached hydrogen (secondary N) is 1. The molecule has 0 radical (unpaired) electrons. The highest BCUT2D eigenvalue weighted by molar-refractivity contribution is 7.81. The summed E-state index contributed by atoms with van der Waals surface area (Å²) >= 11 is 3.96. The standard InChI is InChI=1S/C19H25N5O2S/c1-2-26-11-15-23-17-18(13-7-3-4-8-14(13)22-19(17)20)24(15)10-6-5-9-21-16(25)12-27/h3-4,7-8,27H,2,5-6,9-12H2,1H3,(H2,20,22)(H,21,25). The summed E-state index contributed by atoms with van der Waals surface area (Å²) in [5.41, 5.74) is 8.74. The van der Waals surface area contributed by atoms with E-state index in [1.165, 1.54) is 0 Å². The third-order valence-electron chi connectivity index (χ3n) is 4.40. The number of amides is 1. The van der Waals surface area contributed by atoms with Gasteiger partial charge in [-0.25, -0.2) is 9.97 Å². The van der Waals surface area contributed by atoms with Crippen LogP contribution >= 0.6 is 12.6 Å². The van der Waals surface area contributed by atoms with E-state index in [9.17, 15) is 4.79 Å². The number of pyridine rings is 1. The lowest BCUT2D eigenvalue weighted by molar-refractivity contribution is -0.118. The maximum atomic E-state index is 11.3. The van der Waals surface area contributed by atoms with Gasteiger partial charge >= 0.3 is 0 Å². The third kappa shape index (κ3) is 4.33. The van der Waals surface area contributed by atoms with Gasteiger partial charge in [-0.3, -0.25) is 4.79 Å². The minimum absolute atomic E-state index is 0.0479. The van der Waals surface area contributed by atoms with Gasteiger partial charge in [0.25, 0.3) is 0 Å². The first-order chi connectivity index (χ1) is 13.2. The number of benzene rings is 1. The van der Waals surface area contributed by atoms with E-state index < -0.39 is 0 Å². The second kappa shape index (κ2) is 9.05. The van der Waals surface area contributed by atoms with Crippen molar-refractivity contribution in [3.8, 4) is 0 Å². The molecule has 0 fully saturated rings. The topological polar surface area (TPSA) is 95.1 Å². The van der Waals surface area contributed by atoms with Gasteiger partial charge in [0.1, 0.15) is 17.9 Å². The van der Waals surface area contributed by atoms with Crippen molar-refractivity contribution < 1.29 is 9.53 Å². The molecule has 0 unspecified atom stereocenters. The van der Waals surface area contributed by atoms with E-state index in [4.69, 9.17) is 15.5 Å². The molecular formula is C19H25N5O2S. The molecule has 1 amide bonds. The van der Waals surface area contributed by atoms with Crippen molar-refractivity contribution in [2.45, 2.75) is 32.9 Å². The van der Waals surface area contributed by atoms with Crippen LogP contribution in [0.15, 0.2) is 24.3 Å². The Bertz CT molecular complexity index is 941. The van der Waals surface area contributed by atoms with Crippen LogP contribution in [-0.4, -0.2) is 39.3 Å². The minimum atomic E-state index is -0.0479. The number of nitrogens with zero attached hydrogens (tertiary/aromatic N) is 3. The van der Waals surface area contributed by atoms with Gasteiger partial charge in [-0.2, -0.15) is 12.6 Å². The molecule has 3 N–H and O–H groups in total. The number of thiol groups is 1. The van der Waals surface area contributed by atoms with Gasteiger partial charge in [0, 0.05) is 25.1 Å². The van der Waals surface area contributed by atoms with Gasteiger partial charge in [0.2, 0.25) is 5.91 Å². The zero-order chi connectivity index (χ0) is 19.2. The lowest BCUT2D eigenvalue weighted by Gasteiger charge is -2.11. The Labute approximate surface area is 163 Å². The number of carbonyl (C=O) groups excluding carboxylic acids is 1. The number of aryl methyl sites for hydroxylation is 1. The average Bonchev–Trinajstić information content (AvgIpc) is 3.05. The molecule has 3 aromatic rings. The predicted molar refractivity (Wildman–Crippen MR) is 111 cm³/mol. The first-order valence-corrected chi connectivity index (χ1v) is 9.77. The fraction of sp³-hybridized carbons (Fsp3) is 0.421. The molecule has 144 valence electrons. The molecule has 2 aromatic heterocycles. The highest BCUT2D eigenvalue weighted by Crippen LogP contribution is 2.29. The van der Waals surface area contributed by atoms with Crippen LogP contribution in [0.2, 0.25) is 0 Å². The second-order valence-corrected chi connectivity index (χ2v) is 6.56. The quantitative estimate of drug-likeness (QED) is 0.387. The average molecular weight is 388 g/mol. The maximum absolute atomic E-state index is 11.3. The van der Waals surface area contributed by atoms with Crippen LogP contribution in [0.25, 0.3) is 21.9 Å². The lowest BCUT2D eigenvalue weighted by Crippen LogP contribution is -2.25. The number of hydrogen-bond acceptors (Lipinski definition) is 6. The zero-order valence-corrected chi connectivity index (χ0v) is 16.3. The van der Waals surface area contributed by atoms with Crippen LogP contribution in [0.1, 0.15) is 25.6 Å². The number of unbranched alkanes of at least 4 members (excludes halogenated alkanes) is 1. The van der Waals surface area contributed by atoms with Crippen molar-refractivity contribution in [2.75, 3.05) is 24.6 Å². The summed E-state index contributed by atoms with van der Waals surface area (Å²) in [5, 5.41) is 3.87. The predicted octanol–water partition coefficient (Wildman–Crippen LogP) is 2.53. The van der Waals surface area contributed by atoms with Crippen LogP contribution in [0.4, 0.5) is 5.82 Å². The fourth-order valence-corrected chi connectivity index (χ4v) is 3.24. The molecule has 0 saturated carbocycles. The molecule has 3 rings (SSSR count). The number of hydrogen-bond donors (Lipinski definition) is 3. The summed E-state index contributed by atoms with van der Waals surface area (Å²) in [7, 11) is 0. The van der Waals surface area contributed by atoms with Gasteiger partial charge in [-0.05, 0) is 25.8 Å². The number of anilines is 1. The molecule has 0 spiro atoms. The Kier molecular flexibility index (Phi) is 6.52. The molecule has 8 heteroatoms. The van der Waals surface area contributed by atoms with Crippen molar-refractivity contribution in [1.82, 2.24) is 19.9 Å². The van der Waals surface area contributed by atoms with Crippen molar-refractivity contribution >= 4 is 46.3 Å². The van der Waals surface area contributed by atoms with Crippen LogP contribution < -0.4 is 11.1 Å². The summed E-state index contributed by atoms with van der Waals surface area (Å²) in [4.78, 5) is 20.5. The highest BCUT2D eigenvalue weighted by Gasteiger charge is 2.17. The van der Waals surface area contributed by atoms with Gasteiger partial charge in [-0.15, -0.1) is 0 Å². The van der Waals surface area contributed by atoms with Crippen molar-refractivity contribution in [3.63, 3.8) is 0 Å². The zero-order valence-electron chi connectivity index (χ0n) is 15.4. The minimum Gasteiger partial charge on any atom is -0.382 e. The summed E-state index contributed by atoms with van der Waals surface area (Å²) in [5.74, 6) is 1.44. The molecule has 0 saturated heterocycles. The first kappa shape index (κ1) is 19.4. The molecule has 2 heterocycles. The monoisotopic (exact) mass is 387 g/mol. The largest absolute Gasteiger partial charge is 0.382 e. The lowest BCUT2D eigenvalue weighted by atomic mass is 10.2. The summed E-state index contributed by atoms with van der Waals surface area (Å²) in [6.07, 6.45) is 1.76. The highest BCUT2D eigenvalue weighted by atomic mass is 32.1. The number of carbonyl (C=O) groups is 1. The van der Waals surface area contributed by atoms with Gasteiger partial charge in [0.15, 0.2) is 5.82 Å².